The molecule has 0 atom stereocenters. The number of benzene rings is 4. The lowest BCUT2D eigenvalue weighted by Crippen LogP contribution is -2.56. The predicted molar refractivity (Wildman–Crippen MR) is 168 cm³/mol. The van der Waals surface area contributed by atoms with E-state index in [0.717, 1.165) is 34.2 Å². The Morgan fingerprint density at radius 2 is 0.692 bits per heavy atom. The fraction of sp³-hybridized carbons (Fsp3) is 0.200. The van der Waals surface area contributed by atoms with Crippen LogP contribution in [-0.2, 0) is 8.23 Å². The maximum atomic E-state index is 6.58. The molecular weight excluding hydrogens is 537 g/mol. The molecule has 39 heavy (non-hydrogen) atoms. The third-order valence-electron chi connectivity index (χ3n) is 5.54. The fourth-order valence-corrected chi connectivity index (χ4v) is 16.2. The highest BCUT2D eigenvalue weighted by Crippen LogP contribution is 2.28. The summed E-state index contributed by atoms with van der Waals surface area (Å²) in [6, 6.07) is 36.1. The van der Waals surface area contributed by atoms with Gasteiger partial charge in [-0.2, -0.15) is 0 Å². The minimum absolute atomic E-state index is 0.784. The molecule has 0 aliphatic carbocycles. The van der Waals surface area contributed by atoms with Gasteiger partial charge in [-0.05, 0) is 112 Å². The number of anilines is 4. The van der Waals surface area contributed by atoms with Crippen molar-refractivity contribution in [1.82, 2.24) is 0 Å². The van der Waals surface area contributed by atoms with Crippen LogP contribution in [0.1, 0.15) is 0 Å². The topological polar surface area (TPSA) is 61.0 Å². The summed E-state index contributed by atoms with van der Waals surface area (Å²) in [6.07, 6.45) is 0. The lowest BCUT2D eigenvalue weighted by Gasteiger charge is -2.37. The largest absolute Gasteiger partial charge is 0.521 e. The molecule has 6 nitrogen and oxygen atoms in total. The van der Waals surface area contributed by atoms with E-state index in [-0.39, 0.29) is 0 Å². The molecule has 4 aromatic rings. The van der Waals surface area contributed by atoms with Gasteiger partial charge in [0.25, 0.3) is 0 Å². The molecule has 4 rings (SSSR count). The van der Waals surface area contributed by atoms with Gasteiger partial charge in [0.15, 0.2) is 0 Å². The Labute approximate surface area is 235 Å². The Bertz CT molecular complexity index is 1220. The Kier molecular flexibility index (Phi) is 8.98. The molecule has 0 bridgehead atoms. The summed E-state index contributed by atoms with van der Waals surface area (Å²) in [4.78, 5) is 0. The predicted octanol–water partition coefficient (Wildman–Crippen LogP) is 8.77. The van der Waals surface area contributed by atoms with Gasteiger partial charge in [-0.3, -0.25) is 0 Å². The van der Waals surface area contributed by atoms with Gasteiger partial charge in [0, 0.05) is 22.7 Å². The van der Waals surface area contributed by atoms with Crippen molar-refractivity contribution in [2.24, 2.45) is 0 Å². The van der Waals surface area contributed by atoms with Crippen LogP contribution in [0, 0.1) is 0 Å². The molecule has 0 spiro atoms. The number of nitrogens with one attached hydrogen (secondary N) is 2. The molecule has 0 unspecified atom stereocenters. The van der Waals surface area contributed by atoms with E-state index >= 15 is 0 Å². The zero-order chi connectivity index (χ0) is 27.9. The molecule has 0 amide bonds. The van der Waals surface area contributed by atoms with Crippen molar-refractivity contribution in [1.29, 1.82) is 0 Å². The highest BCUT2D eigenvalue weighted by atomic mass is 28.5. The van der Waals surface area contributed by atoms with E-state index in [2.05, 4.69) is 49.9 Å². The summed E-state index contributed by atoms with van der Waals surface area (Å²) < 4.78 is 25.9. The number of hydrogen-bond acceptors (Lipinski definition) is 6. The molecule has 0 heterocycles. The highest BCUT2D eigenvalue weighted by molar-refractivity contribution is 6.84. The minimum Gasteiger partial charge on any atom is -0.521 e. The van der Waals surface area contributed by atoms with Crippen LogP contribution in [0.15, 0.2) is 109 Å². The van der Waals surface area contributed by atoms with Gasteiger partial charge in [0.05, 0.1) is 0 Å². The molecule has 0 saturated heterocycles. The summed E-state index contributed by atoms with van der Waals surface area (Å²) in [7, 11) is -7.62. The van der Waals surface area contributed by atoms with Crippen molar-refractivity contribution < 1.29 is 17.1 Å². The lowest BCUT2D eigenvalue weighted by molar-refractivity contribution is 0.302. The minimum atomic E-state index is -2.56. The molecule has 9 heteroatoms. The first-order valence-electron chi connectivity index (χ1n) is 13.1. The van der Waals surface area contributed by atoms with Crippen LogP contribution in [0.2, 0.25) is 39.3 Å². The first-order valence-corrected chi connectivity index (χ1v) is 21.5. The van der Waals surface area contributed by atoms with Crippen molar-refractivity contribution >= 4 is 48.4 Å². The van der Waals surface area contributed by atoms with E-state index in [9.17, 15) is 0 Å². The molecule has 0 radical (unpaired) electrons. The fourth-order valence-electron chi connectivity index (χ4n) is 4.40. The van der Waals surface area contributed by atoms with Crippen LogP contribution in [-0.4, -0.2) is 25.7 Å². The summed E-state index contributed by atoms with van der Waals surface area (Å²) in [6.45, 7) is 12.3. The summed E-state index contributed by atoms with van der Waals surface area (Å²) in [5.74, 6) is 1.57. The zero-order valence-electron chi connectivity index (χ0n) is 23.5. The van der Waals surface area contributed by atoms with E-state index in [0.29, 0.717) is 0 Å². The maximum Gasteiger partial charge on any atom is 0.383 e. The standard InChI is InChI=1S/C30H38N2O4Si3/c1-37(2,33-29-21-17-27(18-22-29)31-25-13-9-7-10-14-25)35-39(5,6)36-38(3,4)34-30-23-19-28(20-24-30)32-26-15-11-8-12-16-26/h7-24,31-32H,1-6H3. The Morgan fingerprint density at radius 3 is 1.03 bits per heavy atom. The third-order valence-corrected chi connectivity index (χ3v) is 14.9. The number of para-hydroxylation sites is 2. The number of rotatable bonds is 12. The van der Waals surface area contributed by atoms with Gasteiger partial charge in [-0.1, -0.05) is 36.4 Å². The summed E-state index contributed by atoms with van der Waals surface area (Å²) >= 11 is 0. The zero-order valence-corrected chi connectivity index (χ0v) is 26.5. The van der Waals surface area contributed by atoms with Crippen LogP contribution in [0.5, 0.6) is 11.5 Å². The van der Waals surface area contributed by atoms with Gasteiger partial charge in [0.1, 0.15) is 11.5 Å². The normalized spacial score (nSPS) is 12.1. The second kappa shape index (κ2) is 12.2. The van der Waals surface area contributed by atoms with Gasteiger partial charge in [-0.25, -0.2) is 0 Å². The first kappa shape index (κ1) is 28.7. The van der Waals surface area contributed by atoms with Crippen molar-refractivity contribution in [2.45, 2.75) is 39.3 Å². The van der Waals surface area contributed by atoms with Crippen LogP contribution in [0.3, 0.4) is 0 Å². The van der Waals surface area contributed by atoms with Crippen molar-refractivity contribution in [2.75, 3.05) is 10.6 Å². The van der Waals surface area contributed by atoms with E-state index in [4.69, 9.17) is 17.1 Å². The second-order valence-electron chi connectivity index (χ2n) is 10.6. The van der Waals surface area contributed by atoms with E-state index in [1.165, 1.54) is 0 Å². The maximum absolute atomic E-state index is 6.58. The smallest absolute Gasteiger partial charge is 0.383 e. The molecule has 204 valence electrons. The van der Waals surface area contributed by atoms with Gasteiger partial charge in [-0.15, -0.1) is 0 Å². The van der Waals surface area contributed by atoms with E-state index < -0.39 is 25.7 Å². The molecular formula is C30H38N2O4Si3. The molecule has 0 aliphatic rings. The Balaban J connectivity index is 1.30. The molecule has 0 saturated carbocycles. The summed E-state index contributed by atoms with van der Waals surface area (Å²) in [5.41, 5.74) is 4.09. The monoisotopic (exact) mass is 574 g/mol. The Hall–Kier alpha value is -3.35. The quantitative estimate of drug-likeness (QED) is 0.165. The van der Waals surface area contributed by atoms with E-state index in [1.807, 2.05) is 109 Å². The van der Waals surface area contributed by atoms with Gasteiger partial charge in [0.2, 0.25) is 0 Å². The van der Waals surface area contributed by atoms with Crippen molar-refractivity contribution in [3.63, 3.8) is 0 Å². The Morgan fingerprint density at radius 1 is 0.385 bits per heavy atom. The van der Waals surface area contributed by atoms with Crippen LogP contribution in [0.4, 0.5) is 22.7 Å². The molecule has 4 aromatic carbocycles. The van der Waals surface area contributed by atoms with Crippen LogP contribution in [0.25, 0.3) is 0 Å². The SMILES string of the molecule is C[Si](C)(Oc1ccc(Nc2ccccc2)cc1)O[Si](C)(C)O[Si](C)(C)Oc1ccc(Nc2ccccc2)cc1. The molecule has 0 fully saturated rings. The van der Waals surface area contributed by atoms with E-state index in [1.54, 1.807) is 0 Å². The van der Waals surface area contributed by atoms with Crippen molar-refractivity contribution in [3.8, 4) is 11.5 Å². The molecule has 0 aromatic heterocycles. The second-order valence-corrected chi connectivity index (χ2v) is 21.1. The van der Waals surface area contributed by atoms with Crippen LogP contribution >= 0.6 is 0 Å². The lowest BCUT2D eigenvalue weighted by atomic mass is 10.2. The van der Waals surface area contributed by atoms with Gasteiger partial charge < -0.3 is 27.7 Å². The van der Waals surface area contributed by atoms with Gasteiger partial charge >= 0.3 is 25.7 Å². The number of hydrogen-bond donors (Lipinski definition) is 2. The summed E-state index contributed by atoms with van der Waals surface area (Å²) in [5, 5.41) is 6.78. The molecule has 2 N–H and O–H groups in total. The average Bonchev–Trinajstić information content (AvgIpc) is 2.86. The van der Waals surface area contributed by atoms with Crippen molar-refractivity contribution in [3.05, 3.63) is 109 Å². The van der Waals surface area contributed by atoms with Crippen LogP contribution < -0.4 is 19.5 Å². The first-order chi connectivity index (χ1) is 18.5. The molecule has 0 aliphatic heterocycles. The third kappa shape index (κ3) is 9.41. The average molecular weight is 575 g/mol. The highest BCUT2D eigenvalue weighted by Gasteiger charge is 2.43.